The molecule has 1 heterocycles. The summed E-state index contributed by atoms with van der Waals surface area (Å²) < 4.78 is 5.97. The molecule has 1 aliphatic rings. The number of aryl methyl sites for hydroxylation is 1. The third-order valence-electron chi connectivity index (χ3n) is 3.93. The van der Waals surface area contributed by atoms with Gasteiger partial charge >= 0.3 is 0 Å². The predicted octanol–water partition coefficient (Wildman–Crippen LogP) is 4.25. The van der Waals surface area contributed by atoms with Crippen molar-refractivity contribution < 1.29 is 14.3 Å². The normalized spacial score (nSPS) is 15.9. The van der Waals surface area contributed by atoms with E-state index in [-0.39, 0.29) is 10.7 Å². The lowest BCUT2D eigenvalue weighted by atomic mass is 10.1. The first-order chi connectivity index (χ1) is 12.8. The molecule has 27 heavy (non-hydrogen) atoms. The van der Waals surface area contributed by atoms with Crippen molar-refractivity contribution in [3.63, 3.8) is 0 Å². The molecule has 0 spiro atoms. The van der Waals surface area contributed by atoms with Crippen molar-refractivity contribution in [1.82, 2.24) is 5.32 Å². The van der Waals surface area contributed by atoms with Crippen LogP contribution in [0.15, 0.2) is 46.4 Å². The average molecular weight is 466 g/mol. The first kappa shape index (κ1) is 19.5. The number of amides is 2. The highest BCUT2D eigenvalue weighted by molar-refractivity contribution is 9.10. The van der Waals surface area contributed by atoms with Gasteiger partial charge in [-0.25, -0.2) is 0 Å². The molecule has 3 rings (SSSR count). The number of nitrogens with one attached hydrogen (secondary N) is 1. The first-order valence-electron chi connectivity index (χ1n) is 7.83. The monoisotopic (exact) mass is 464 g/mol. The average Bonchev–Trinajstić information content (AvgIpc) is 2.59. The second-order valence-electron chi connectivity index (χ2n) is 5.80. The summed E-state index contributed by atoms with van der Waals surface area (Å²) in [7, 11) is 1.49. The molecule has 5 nitrogen and oxygen atoms in total. The minimum absolute atomic E-state index is 0.0326. The summed E-state index contributed by atoms with van der Waals surface area (Å²) in [6.45, 7) is 1.94. The molecule has 1 saturated heterocycles. The van der Waals surface area contributed by atoms with Crippen molar-refractivity contribution in [2.75, 3.05) is 12.0 Å². The van der Waals surface area contributed by atoms with Crippen LogP contribution in [0.4, 0.5) is 5.69 Å². The summed E-state index contributed by atoms with van der Waals surface area (Å²) in [6, 6.07) is 10.5. The molecule has 2 aromatic rings. The van der Waals surface area contributed by atoms with Crippen LogP contribution in [0.5, 0.6) is 5.75 Å². The highest BCUT2D eigenvalue weighted by Crippen LogP contribution is 2.34. The van der Waals surface area contributed by atoms with Gasteiger partial charge in [-0.05, 0) is 65.4 Å². The van der Waals surface area contributed by atoms with E-state index in [1.807, 2.05) is 19.1 Å². The standard InChI is InChI=1S/C19H14BrClN2O3S/c1-10-3-5-13(6-4-10)23-18(25)14(17(24)22-19(23)27)8-11-7-12(21)9-15(20)16(11)26-2/h3-9H,1-2H3,(H,22,24,27). The Morgan fingerprint density at radius 2 is 1.89 bits per heavy atom. The fourth-order valence-electron chi connectivity index (χ4n) is 2.64. The molecule has 0 aromatic heterocycles. The van der Waals surface area contributed by atoms with Crippen molar-refractivity contribution in [1.29, 1.82) is 0 Å². The van der Waals surface area contributed by atoms with E-state index in [0.29, 0.717) is 26.5 Å². The number of methoxy groups -OCH3 is 1. The maximum Gasteiger partial charge on any atom is 0.270 e. The molecule has 0 bridgehead atoms. The van der Waals surface area contributed by atoms with Crippen molar-refractivity contribution in [2.24, 2.45) is 0 Å². The van der Waals surface area contributed by atoms with Gasteiger partial charge in [-0.2, -0.15) is 0 Å². The van der Waals surface area contributed by atoms with Crippen molar-refractivity contribution >= 4 is 68.4 Å². The maximum absolute atomic E-state index is 13.0. The molecule has 2 amide bonds. The fraction of sp³-hybridized carbons (Fsp3) is 0.105. The number of ether oxygens (including phenoxy) is 1. The van der Waals surface area contributed by atoms with E-state index in [1.165, 1.54) is 18.1 Å². The number of carbonyl (C=O) groups is 2. The molecular weight excluding hydrogens is 452 g/mol. The largest absolute Gasteiger partial charge is 0.495 e. The van der Waals surface area contributed by atoms with Crippen LogP contribution in [0.25, 0.3) is 6.08 Å². The van der Waals surface area contributed by atoms with Gasteiger partial charge in [0.25, 0.3) is 11.8 Å². The van der Waals surface area contributed by atoms with Gasteiger partial charge in [-0.1, -0.05) is 29.3 Å². The Morgan fingerprint density at radius 1 is 1.22 bits per heavy atom. The van der Waals surface area contributed by atoms with E-state index in [4.69, 9.17) is 28.6 Å². The molecule has 0 unspecified atom stereocenters. The zero-order chi connectivity index (χ0) is 19.7. The molecule has 2 aromatic carbocycles. The topological polar surface area (TPSA) is 58.6 Å². The molecule has 1 N–H and O–H groups in total. The van der Waals surface area contributed by atoms with E-state index in [0.717, 1.165) is 5.56 Å². The maximum atomic E-state index is 13.0. The molecule has 0 saturated carbocycles. The van der Waals surface area contributed by atoms with Crippen LogP contribution in [0.2, 0.25) is 5.02 Å². The van der Waals surface area contributed by atoms with Gasteiger partial charge in [-0.15, -0.1) is 0 Å². The molecule has 1 fully saturated rings. The Hall–Kier alpha value is -2.22. The number of halogens is 2. The van der Waals surface area contributed by atoms with E-state index in [1.54, 1.807) is 24.3 Å². The van der Waals surface area contributed by atoms with Gasteiger partial charge in [0.2, 0.25) is 0 Å². The summed E-state index contributed by atoms with van der Waals surface area (Å²) in [4.78, 5) is 26.7. The van der Waals surface area contributed by atoms with E-state index >= 15 is 0 Å². The van der Waals surface area contributed by atoms with E-state index < -0.39 is 11.8 Å². The van der Waals surface area contributed by atoms with Crippen LogP contribution in [0, 0.1) is 6.92 Å². The third kappa shape index (κ3) is 3.90. The summed E-state index contributed by atoms with van der Waals surface area (Å²) in [5, 5.41) is 3.02. The number of hydrogen-bond acceptors (Lipinski definition) is 4. The second kappa shape index (κ2) is 7.80. The number of carbonyl (C=O) groups excluding carboxylic acids is 2. The van der Waals surface area contributed by atoms with Gasteiger partial charge in [0.1, 0.15) is 11.3 Å². The van der Waals surface area contributed by atoms with Gasteiger partial charge in [-0.3, -0.25) is 19.8 Å². The third-order valence-corrected chi connectivity index (χ3v) is 5.03. The van der Waals surface area contributed by atoms with Gasteiger partial charge in [0.15, 0.2) is 5.11 Å². The van der Waals surface area contributed by atoms with Crippen LogP contribution in [-0.2, 0) is 9.59 Å². The lowest BCUT2D eigenvalue weighted by molar-refractivity contribution is -0.122. The molecule has 8 heteroatoms. The van der Waals surface area contributed by atoms with Gasteiger partial charge in [0, 0.05) is 10.6 Å². The fourth-order valence-corrected chi connectivity index (χ4v) is 3.92. The molecular formula is C19H14BrClN2O3S. The van der Waals surface area contributed by atoms with Crippen LogP contribution in [0.3, 0.4) is 0 Å². The van der Waals surface area contributed by atoms with Gasteiger partial charge < -0.3 is 4.74 Å². The Bertz CT molecular complexity index is 989. The zero-order valence-corrected chi connectivity index (χ0v) is 17.5. The zero-order valence-electron chi connectivity index (χ0n) is 14.4. The minimum Gasteiger partial charge on any atom is -0.495 e. The highest BCUT2D eigenvalue weighted by Gasteiger charge is 2.34. The minimum atomic E-state index is -0.577. The Labute approximate surface area is 175 Å². The van der Waals surface area contributed by atoms with Crippen molar-refractivity contribution in [3.8, 4) is 5.75 Å². The molecule has 0 aliphatic carbocycles. The quantitative estimate of drug-likeness (QED) is 0.418. The lowest BCUT2D eigenvalue weighted by Gasteiger charge is -2.29. The SMILES string of the molecule is COc1c(Br)cc(Cl)cc1C=C1C(=O)NC(=S)N(c2ccc(C)cc2)C1=O. The van der Waals surface area contributed by atoms with E-state index in [2.05, 4.69) is 21.2 Å². The number of hydrogen-bond donors (Lipinski definition) is 1. The number of thiocarbonyl (C=S) groups is 1. The van der Waals surface area contributed by atoms with Crippen LogP contribution < -0.4 is 15.0 Å². The Morgan fingerprint density at radius 3 is 2.52 bits per heavy atom. The Balaban J connectivity index is 2.09. The molecule has 1 aliphatic heterocycles. The van der Waals surface area contributed by atoms with Gasteiger partial charge in [0.05, 0.1) is 17.3 Å². The summed E-state index contributed by atoms with van der Waals surface area (Å²) in [6.07, 6.45) is 1.44. The smallest absolute Gasteiger partial charge is 0.270 e. The number of nitrogens with zero attached hydrogens (tertiary/aromatic N) is 1. The predicted molar refractivity (Wildman–Crippen MR) is 113 cm³/mol. The van der Waals surface area contributed by atoms with Crippen molar-refractivity contribution in [3.05, 3.63) is 62.6 Å². The van der Waals surface area contributed by atoms with Crippen molar-refractivity contribution in [2.45, 2.75) is 6.92 Å². The number of rotatable bonds is 3. The van der Waals surface area contributed by atoms with Crippen LogP contribution in [-0.4, -0.2) is 24.0 Å². The number of anilines is 1. The molecule has 0 radical (unpaired) electrons. The second-order valence-corrected chi connectivity index (χ2v) is 7.48. The Kier molecular flexibility index (Phi) is 5.64. The van der Waals surface area contributed by atoms with Crippen LogP contribution in [0.1, 0.15) is 11.1 Å². The lowest BCUT2D eigenvalue weighted by Crippen LogP contribution is -2.54. The highest BCUT2D eigenvalue weighted by atomic mass is 79.9. The summed E-state index contributed by atoms with van der Waals surface area (Å²) in [5.41, 5.74) is 2.03. The van der Waals surface area contributed by atoms with Crippen LogP contribution >= 0.6 is 39.7 Å². The van der Waals surface area contributed by atoms with E-state index in [9.17, 15) is 9.59 Å². The summed E-state index contributed by atoms with van der Waals surface area (Å²) in [5.74, 6) is -0.639. The number of benzene rings is 2. The first-order valence-corrected chi connectivity index (χ1v) is 9.41. The molecule has 0 atom stereocenters. The summed E-state index contributed by atoms with van der Waals surface area (Å²) >= 11 is 14.7. The molecule has 138 valence electrons.